The van der Waals surface area contributed by atoms with Crippen molar-refractivity contribution in [2.75, 3.05) is 33.4 Å². The lowest BCUT2D eigenvalue weighted by Crippen LogP contribution is -2.47. The highest BCUT2D eigenvalue weighted by Gasteiger charge is 2.33. The van der Waals surface area contributed by atoms with Gasteiger partial charge in [0.25, 0.3) is 0 Å². The largest absolute Gasteiger partial charge is 0.497 e. The topological polar surface area (TPSA) is 59.1 Å². The molecule has 2 amide bonds. The van der Waals surface area contributed by atoms with Crippen LogP contribution in [0.5, 0.6) is 11.5 Å². The molecule has 0 saturated carbocycles. The smallest absolute Gasteiger partial charge is 0.242 e. The van der Waals surface area contributed by atoms with Crippen LogP contribution in [0.15, 0.2) is 48.4 Å². The van der Waals surface area contributed by atoms with Crippen LogP contribution in [0.3, 0.4) is 0 Å². The Morgan fingerprint density at radius 1 is 1.34 bits per heavy atom. The highest BCUT2D eigenvalue weighted by molar-refractivity contribution is 7.10. The standard InChI is InChI=1S/C22H26N2O4S/c1-4-10-23(16(2)25)14-22(26)24-11-8-21-19(9-12-29-21)20(24)15-28-18-7-5-6-17(13-18)27-3/h4-7,9,12-13,20H,1,8,10-11,14-15H2,2-3H3/t20-/m0/s1. The Morgan fingerprint density at radius 3 is 2.86 bits per heavy atom. The van der Waals surface area contributed by atoms with Gasteiger partial charge in [0.1, 0.15) is 24.7 Å². The van der Waals surface area contributed by atoms with E-state index in [1.54, 1.807) is 24.5 Å². The lowest BCUT2D eigenvalue weighted by molar-refractivity contribution is -0.141. The summed E-state index contributed by atoms with van der Waals surface area (Å²) in [6.07, 6.45) is 2.45. The van der Waals surface area contributed by atoms with Gasteiger partial charge in [0.2, 0.25) is 11.8 Å². The van der Waals surface area contributed by atoms with E-state index in [1.807, 2.05) is 29.2 Å². The number of fused-ring (bicyclic) bond motifs is 1. The zero-order valence-corrected chi connectivity index (χ0v) is 17.6. The molecule has 0 saturated heterocycles. The Kier molecular flexibility index (Phi) is 6.93. The number of hydrogen-bond acceptors (Lipinski definition) is 5. The molecule has 0 radical (unpaired) electrons. The van der Waals surface area contributed by atoms with E-state index in [1.165, 1.54) is 16.7 Å². The van der Waals surface area contributed by atoms with Gasteiger partial charge >= 0.3 is 0 Å². The molecule has 1 aliphatic heterocycles. The molecule has 0 spiro atoms. The summed E-state index contributed by atoms with van der Waals surface area (Å²) in [5.41, 5.74) is 1.12. The predicted molar refractivity (Wildman–Crippen MR) is 113 cm³/mol. The van der Waals surface area contributed by atoms with Gasteiger partial charge in [-0.3, -0.25) is 9.59 Å². The van der Waals surface area contributed by atoms with Gasteiger partial charge in [0, 0.05) is 31.0 Å². The first-order valence-electron chi connectivity index (χ1n) is 9.52. The fourth-order valence-corrected chi connectivity index (χ4v) is 4.38. The van der Waals surface area contributed by atoms with Gasteiger partial charge in [-0.2, -0.15) is 0 Å². The second-order valence-electron chi connectivity index (χ2n) is 6.83. The molecular weight excluding hydrogens is 388 g/mol. The molecule has 6 nitrogen and oxygen atoms in total. The third-order valence-corrected chi connectivity index (χ3v) is 5.98. The summed E-state index contributed by atoms with van der Waals surface area (Å²) in [5.74, 6) is 1.18. The molecule has 1 aromatic carbocycles. The molecule has 1 atom stereocenters. The van der Waals surface area contributed by atoms with E-state index in [0.29, 0.717) is 25.4 Å². The van der Waals surface area contributed by atoms with Crippen molar-refractivity contribution in [2.24, 2.45) is 0 Å². The van der Waals surface area contributed by atoms with Gasteiger partial charge in [-0.15, -0.1) is 17.9 Å². The number of hydrogen-bond donors (Lipinski definition) is 0. The Balaban J connectivity index is 1.77. The molecule has 0 fully saturated rings. The highest BCUT2D eigenvalue weighted by Crippen LogP contribution is 2.34. The molecule has 0 unspecified atom stereocenters. The maximum absolute atomic E-state index is 13.1. The Morgan fingerprint density at radius 2 is 2.14 bits per heavy atom. The number of nitrogens with zero attached hydrogens (tertiary/aromatic N) is 2. The Bertz CT molecular complexity index is 879. The van der Waals surface area contributed by atoms with Gasteiger partial charge in [-0.25, -0.2) is 0 Å². The van der Waals surface area contributed by atoms with Gasteiger partial charge in [-0.1, -0.05) is 12.1 Å². The fraction of sp³-hybridized carbons (Fsp3) is 0.364. The van der Waals surface area contributed by atoms with Crippen LogP contribution >= 0.6 is 11.3 Å². The summed E-state index contributed by atoms with van der Waals surface area (Å²) < 4.78 is 11.3. The lowest BCUT2D eigenvalue weighted by Gasteiger charge is -2.37. The van der Waals surface area contributed by atoms with Crippen LogP contribution in [-0.2, 0) is 16.0 Å². The van der Waals surface area contributed by atoms with E-state index in [9.17, 15) is 9.59 Å². The van der Waals surface area contributed by atoms with Gasteiger partial charge in [0.15, 0.2) is 0 Å². The van der Waals surface area contributed by atoms with E-state index in [-0.39, 0.29) is 24.4 Å². The predicted octanol–water partition coefficient (Wildman–Crippen LogP) is 3.30. The summed E-state index contributed by atoms with van der Waals surface area (Å²) in [5, 5.41) is 2.05. The third-order valence-electron chi connectivity index (χ3n) is 4.99. The number of amides is 2. The second kappa shape index (κ2) is 9.60. The molecule has 0 bridgehead atoms. The SMILES string of the molecule is C=CCN(CC(=O)N1CCc2sccc2[C@@H]1COc1cccc(OC)c1)C(C)=O. The van der Waals surface area contributed by atoms with E-state index < -0.39 is 0 Å². The first kappa shape index (κ1) is 20.9. The van der Waals surface area contributed by atoms with Crippen LogP contribution in [0, 0.1) is 0 Å². The van der Waals surface area contributed by atoms with E-state index in [2.05, 4.69) is 18.0 Å². The lowest BCUT2D eigenvalue weighted by atomic mass is 10.0. The zero-order chi connectivity index (χ0) is 20.8. The van der Waals surface area contributed by atoms with Crippen LogP contribution in [0.2, 0.25) is 0 Å². The molecule has 1 aliphatic rings. The molecule has 3 rings (SSSR count). The highest BCUT2D eigenvalue weighted by atomic mass is 32.1. The number of ether oxygens (including phenoxy) is 2. The average Bonchev–Trinajstić information content (AvgIpc) is 3.20. The second-order valence-corrected chi connectivity index (χ2v) is 7.83. The minimum atomic E-state index is -0.193. The van der Waals surface area contributed by atoms with E-state index in [4.69, 9.17) is 9.47 Å². The quantitative estimate of drug-likeness (QED) is 0.622. The zero-order valence-electron chi connectivity index (χ0n) is 16.8. The third kappa shape index (κ3) is 4.98. The molecule has 29 heavy (non-hydrogen) atoms. The number of carbonyl (C=O) groups is 2. The van der Waals surface area contributed by atoms with Crippen molar-refractivity contribution in [1.82, 2.24) is 9.80 Å². The maximum Gasteiger partial charge on any atom is 0.242 e. The molecule has 1 aromatic heterocycles. The monoisotopic (exact) mass is 414 g/mol. The van der Waals surface area contributed by atoms with E-state index >= 15 is 0 Å². The van der Waals surface area contributed by atoms with Gasteiger partial charge in [-0.05, 0) is 35.6 Å². The van der Waals surface area contributed by atoms with Crippen molar-refractivity contribution in [1.29, 1.82) is 0 Å². The summed E-state index contributed by atoms with van der Waals surface area (Å²) in [4.78, 5) is 29.5. The molecule has 7 heteroatoms. The minimum Gasteiger partial charge on any atom is -0.497 e. The molecular formula is C22H26N2O4S. The van der Waals surface area contributed by atoms with Crippen LogP contribution < -0.4 is 9.47 Å². The summed E-state index contributed by atoms with van der Waals surface area (Å²) in [7, 11) is 1.61. The molecule has 0 N–H and O–H groups in total. The van der Waals surface area contributed by atoms with Crippen LogP contribution in [0.25, 0.3) is 0 Å². The average molecular weight is 415 g/mol. The molecule has 2 heterocycles. The first-order chi connectivity index (χ1) is 14.0. The van der Waals surface area contributed by atoms with Crippen molar-refractivity contribution in [3.63, 3.8) is 0 Å². The van der Waals surface area contributed by atoms with Crippen molar-refractivity contribution in [3.8, 4) is 11.5 Å². The summed E-state index contributed by atoms with van der Waals surface area (Å²) in [6, 6.07) is 9.29. The minimum absolute atomic E-state index is 0.0382. The number of carbonyl (C=O) groups excluding carboxylic acids is 2. The summed E-state index contributed by atoms with van der Waals surface area (Å²) >= 11 is 1.71. The van der Waals surface area contributed by atoms with Gasteiger partial charge < -0.3 is 19.3 Å². The molecule has 0 aliphatic carbocycles. The van der Waals surface area contributed by atoms with Crippen LogP contribution in [0.4, 0.5) is 0 Å². The Labute approximate surface area is 175 Å². The fourth-order valence-electron chi connectivity index (χ4n) is 3.46. The first-order valence-corrected chi connectivity index (χ1v) is 10.4. The van der Waals surface area contributed by atoms with E-state index in [0.717, 1.165) is 17.7 Å². The normalized spacial score (nSPS) is 15.4. The maximum atomic E-state index is 13.1. The molecule has 2 aromatic rings. The van der Waals surface area contributed by atoms with Crippen molar-refractivity contribution < 1.29 is 19.1 Å². The van der Waals surface area contributed by atoms with Gasteiger partial charge in [0.05, 0.1) is 13.2 Å². The number of thiophene rings is 1. The van der Waals surface area contributed by atoms with Crippen molar-refractivity contribution in [3.05, 3.63) is 58.8 Å². The van der Waals surface area contributed by atoms with Crippen molar-refractivity contribution >= 4 is 23.2 Å². The molecule has 154 valence electrons. The number of benzene rings is 1. The van der Waals surface area contributed by atoms with Crippen LogP contribution in [-0.4, -0.2) is 55.0 Å². The van der Waals surface area contributed by atoms with Crippen LogP contribution in [0.1, 0.15) is 23.4 Å². The van der Waals surface area contributed by atoms with Crippen molar-refractivity contribution in [2.45, 2.75) is 19.4 Å². The number of methoxy groups -OCH3 is 1. The number of rotatable bonds is 8. The summed E-state index contributed by atoms with van der Waals surface area (Å²) in [6.45, 7) is 6.47. The Hall–Kier alpha value is -2.80.